The molecule has 6 heteroatoms. The molecule has 26 heavy (non-hydrogen) atoms. The molecule has 5 nitrogen and oxygen atoms in total. The van der Waals surface area contributed by atoms with Crippen LogP contribution in [0.4, 0.5) is 0 Å². The molecule has 1 aromatic rings. The molecular formula is C20H32ClN3O2. The molecule has 2 rings (SSSR count). The minimum atomic E-state index is -0.530. The van der Waals surface area contributed by atoms with E-state index in [1.54, 1.807) is 6.07 Å². The van der Waals surface area contributed by atoms with Crippen LogP contribution in [0.25, 0.3) is 0 Å². The second-order valence-electron chi connectivity index (χ2n) is 8.21. The summed E-state index contributed by atoms with van der Waals surface area (Å²) < 4.78 is 0. The van der Waals surface area contributed by atoms with E-state index in [2.05, 4.69) is 19.2 Å². The summed E-state index contributed by atoms with van der Waals surface area (Å²) in [6.45, 7) is 11.3. The van der Waals surface area contributed by atoms with Gasteiger partial charge in [-0.05, 0) is 36.8 Å². The lowest BCUT2D eigenvalue weighted by molar-refractivity contribution is -0.137. The van der Waals surface area contributed by atoms with Gasteiger partial charge in [-0.25, -0.2) is 0 Å². The number of nitrogens with two attached hydrogens (primary N) is 1. The largest absolute Gasteiger partial charge is 0.340 e. The monoisotopic (exact) mass is 381 g/mol. The van der Waals surface area contributed by atoms with Crippen molar-refractivity contribution in [2.45, 2.75) is 53.1 Å². The van der Waals surface area contributed by atoms with Crippen molar-refractivity contribution in [3.05, 3.63) is 35.4 Å². The smallest absolute Gasteiger partial charge is 0.251 e. The van der Waals surface area contributed by atoms with E-state index in [9.17, 15) is 9.59 Å². The number of hydrogen-bond acceptors (Lipinski definition) is 3. The van der Waals surface area contributed by atoms with Gasteiger partial charge in [-0.3, -0.25) is 9.59 Å². The molecule has 0 bridgehead atoms. The molecule has 0 radical (unpaired) electrons. The van der Waals surface area contributed by atoms with Crippen molar-refractivity contribution >= 4 is 24.2 Å². The first-order chi connectivity index (χ1) is 11.6. The van der Waals surface area contributed by atoms with Gasteiger partial charge >= 0.3 is 0 Å². The van der Waals surface area contributed by atoms with E-state index in [4.69, 9.17) is 5.73 Å². The van der Waals surface area contributed by atoms with Gasteiger partial charge in [0.05, 0.1) is 0 Å². The van der Waals surface area contributed by atoms with Gasteiger partial charge in [-0.15, -0.1) is 12.4 Å². The second-order valence-corrected chi connectivity index (χ2v) is 8.21. The maximum Gasteiger partial charge on any atom is 0.251 e. The fourth-order valence-electron chi connectivity index (χ4n) is 3.28. The summed E-state index contributed by atoms with van der Waals surface area (Å²) in [6.07, 6.45) is 0.787. The predicted molar refractivity (Wildman–Crippen MR) is 107 cm³/mol. The summed E-state index contributed by atoms with van der Waals surface area (Å²) in [4.78, 5) is 27.5. The van der Waals surface area contributed by atoms with Crippen molar-refractivity contribution in [1.29, 1.82) is 0 Å². The number of likely N-dealkylation sites (tertiary alicyclic amines) is 1. The number of benzene rings is 1. The summed E-state index contributed by atoms with van der Waals surface area (Å²) in [5.74, 6) is -0.209. The molecule has 2 unspecified atom stereocenters. The third-order valence-corrected chi connectivity index (χ3v) is 5.12. The van der Waals surface area contributed by atoms with Gasteiger partial charge in [-0.2, -0.15) is 0 Å². The summed E-state index contributed by atoms with van der Waals surface area (Å²) in [7, 11) is 0. The Balaban J connectivity index is 0.00000338. The van der Waals surface area contributed by atoms with Gasteiger partial charge < -0.3 is 16.0 Å². The highest BCUT2D eigenvalue weighted by Gasteiger charge is 2.38. The minimum Gasteiger partial charge on any atom is -0.340 e. The summed E-state index contributed by atoms with van der Waals surface area (Å²) in [5.41, 5.74) is 7.66. The lowest BCUT2D eigenvalue weighted by Crippen LogP contribution is -2.59. The first-order valence-corrected chi connectivity index (χ1v) is 9.03. The Morgan fingerprint density at radius 2 is 1.96 bits per heavy atom. The molecule has 2 atom stereocenters. The topological polar surface area (TPSA) is 75.4 Å². The molecule has 0 saturated carbocycles. The molecule has 146 valence electrons. The average molecular weight is 382 g/mol. The van der Waals surface area contributed by atoms with E-state index in [0.717, 1.165) is 12.0 Å². The Morgan fingerprint density at radius 1 is 1.31 bits per heavy atom. The van der Waals surface area contributed by atoms with Gasteiger partial charge in [0.15, 0.2) is 0 Å². The van der Waals surface area contributed by atoms with Crippen molar-refractivity contribution in [3.63, 3.8) is 0 Å². The van der Waals surface area contributed by atoms with E-state index in [1.807, 2.05) is 43.9 Å². The normalized spacial score (nSPS) is 20.3. The number of halogens is 1. The molecular weight excluding hydrogens is 350 g/mol. The SMILES string of the molecule is Cc1cccc(C(=O)NC(C(=O)N2CCC(N)C(C)(C)C2)C(C)C)c1.Cl. The zero-order valence-corrected chi connectivity index (χ0v) is 17.2. The first kappa shape index (κ1) is 22.5. The Bertz CT molecular complexity index is 646. The van der Waals surface area contributed by atoms with Crippen LogP contribution in [0.5, 0.6) is 0 Å². The maximum atomic E-state index is 13.0. The van der Waals surface area contributed by atoms with E-state index in [1.165, 1.54) is 0 Å². The lowest BCUT2D eigenvalue weighted by atomic mass is 9.79. The third kappa shape index (κ3) is 5.21. The van der Waals surface area contributed by atoms with E-state index < -0.39 is 6.04 Å². The van der Waals surface area contributed by atoms with Gasteiger partial charge in [-0.1, -0.05) is 45.4 Å². The number of aryl methyl sites for hydroxylation is 1. The lowest BCUT2D eigenvalue weighted by Gasteiger charge is -2.44. The van der Waals surface area contributed by atoms with Crippen LogP contribution in [0.15, 0.2) is 24.3 Å². The van der Waals surface area contributed by atoms with Gasteiger partial charge in [0.2, 0.25) is 5.91 Å². The van der Waals surface area contributed by atoms with Crippen LogP contribution < -0.4 is 11.1 Å². The van der Waals surface area contributed by atoms with Crippen LogP contribution in [-0.2, 0) is 4.79 Å². The zero-order valence-electron chi connectivity index (χ0n) is 16.4. The number of carbonyl (C=O) groups excluding carboxylic acids is 2. The molecule has 2 amide bonds. The number of carbonyl (C=O) groups is 2. The Morgan fingerprint density at radius 3 is 2.50 bits per heavy atom. The van der Waals surface area contributed by atoms with Crippen LogP contribution in [0.2, 0.25) is 0 Å². The summed E-state index contributed by atoms with van der Waals surface area (Å²) in [6, 6.07) is 6.97. The molecule has 0 aromatic heterocycles. The van der Waals surface area contributed by atoms with Gasteiger partial charge in [0.25, 0.3) is 5.91 Å². The van der Waals surface area contributed by atoms with Crippen molar-refractivity contribution in [2.75, 3.05) is 13.1 Å². The van der Waals surface area contributed by atoms with Gasteiger partial charge in [0.1, 0.15) is 6.04 Å². The third-order valence-electron chi connectivity index (χ3n) is 5.12. The number of hydrogen-bond donors (Lipinski definition) is 2. The standard InChI is InChI=1S/C20H31N3O2.ClH/c1-13(2)17(22-18(24)15-8-6-7-14(3)11-15)19(25)23-10-9-16(21)20(4,5)12-23;/h6-8,11,13,16-17H,9-10,12,21H2,1-5H3,(H,22,24);1H. The number of piperidine rings is 1. The fraction of sp³-hybridized carbons (Fsp3) is 0.600. The Labute approximate surface area is 163 Å². The van der Waals surface area contributed by atoms with E-state index in [0.29, 0.717) is 18.7 Å². The van der Waals surface area contributed by atoms with Crippen LogP contribution >= 0.6 is 12.4 Å². The Hall–Kier alpha value is -1.59. The molecule has 0 aliphatic carbocycles. The molecule has 1 aromatic carbocycles. The Kier molecular flexibility index (Phi) is 7.66. The minimum absolute atomic E-state index is 0. The molecule has 1 fully saturated rings. The van der Waals surface area contributed by atoms with E-state index >= 15 is 0 Å². The van der Waals surface area contributed by atoms with Crippen molar-refractivity contribution < 1.29 is 9.59 Å². The highest BCUT2D eigenvalue weighted by molar-refractivity contribution is 5.97. The van der Waals surface area contributed by atoms with Gasteiger partial charge in [0, 0.05) is 24.7 Å². The number of rotatable bonds is 4. The zero-order chi connectivity index (χ0) is 18.8. The van der Waals surface area contributed by atoms with Crippen LogP contribution in [0.1, 0.15) is 50.0 Å². The van der Waals surface area contributed by atoms with Crippen molar-refractivity contribution in [1.82, 2.24) is 10.2 Å². The molecule has 0 spiro atoms. The predicted octanol–water partition coefficient (Wildman–Crippen LogP) is 2.76. The van der Waals surface area contributed by atoms with Crippen LogP contribution in [0.3, 0.4) is 0 Å². The van der Waals surface area contributed by atoms with Crippen LogP contribution in [0, 0.1) is 18.3 Å². The van der Waals surface area contributed by atoms with Crippen molar-refractivity contribution in [2.24, 2.45) is 17.1 Å². The number of nitrogens with zero attached hydrogens (tertiary/aromatic N) is 1. The molecule has 1 saturated heterocycles. The summed E-state index contributed by atoms with van der Waals surface area (Å²) >= 11 is 0. The van der Waals surface area contributed by atoms with Crippen molar-refractivity contribution in [3.8, 4) is 0 Å². The molecule has 3 N–H and O–H groups in total. The second kappa shape index (κ2) is 8.87. The highest BCUT2D eigenvalue weighted by Crippen LogP contribution is 2.28. The number of nitrogens with one attached hydrogen (secondary N) is 1. The summed E-state index contributed by atoms with van der Waals surface area (Å²) in [5, 5.41) is 2.93. The molecule has 1 aliphatic heterocycles. The first-order valence-electron chi connectivity index (χ1n) is 9.03. The fourth-order valence-corrected chi connectivity index (χ4v) is 3.28. The highest BCUT2D eigenvalue weighted by atomic mass is 35.5. The average Bonchev–Trinajstić information content (AvgIpc) is 2.54. The molecule has 1 heterocycles. The quantitative estimate of drug-likeness (QED) is 0.841. The maximum absolute atomic E-state index is 13.0. The van der Waals surface area contributed by atoms with Crippen LogP contribution in [-0.4, -0.2) is 41.9 Å². The molecule has 1 aliphatic rings. The van der Waals surface area contributed by atoms with E-state index in [-0.39, 0.29) is 41.6 Å². The number of amides is 2.